The number of carbonyl (C=O) groups is 1. The molecule has 1 aliphatic rings. The number of rotatable bonds is 1. The highest BCUT2D eigenvalue weighted by molar-refractivity contribution is 5.99. The van der Waals surface area contributed by atoms with E-state index in [9.17, 15) is 15.0 Å². The predicted octanol–water partition coefficient (Wildman–Crippen LogP) is 0.831. The Morgan fingerprint density at radius 3 is 2.36 bits per heavy atom. The van der Waals surface area contributed by atoms with Gasteiger partial charge in [0, 0.05) is 0 Å². The summed E-state index contributed by atoms with van der Waals surface area (Å²) in [5.74, 6) is -1.42. The number of cyclic esters (lactones) is 1. The summed E-state index contributed by atoms with van der Waals surface area (Å²) in [6, 6.07) is 8.63. The van der Waals surface area contributed by atoms with E-state index in [2.05, 4.69) is 4.74 Å². The van der Waals surface area contributed by atoms with Crippen LogP contribution < -0.4 is 0 Å². The van der Waals surface area contributed by atoms with E-state index < -0.39 is 18.0 Å². The number of aliphatic hydroxyl groups is 2. The first-order valence-electron chi connectivity index (χ1n) is 4.08. The molecule has 0 fully saturated rings. The lowest BCUT2D eigenvalue weighted by Gasteiger charge is -2.05. The van der Waals surface area contributed by atoms with Gasteiger partial charge in [0.1, 0.15) is 0 Å². The summed E-state index contributed by atoms with van der Waals surface area (Å²) in [6.07, 6.45) is -1.37. The third-order valence-electron chi connectivity index (χ3n) is 2.00. The maximum absolute atomic E-state index is 10.9. The van der Waals surface area contributed by atoms with Crippen LogP contribution in [0.25, 0.3) is 5.57 Å². The lowest BCUT2D eigenvalue weighted by Crippen LogP contribution is -2.09. The lowest BCUT2D eigenvalue weighted by molar-refractivity contribution is -0.152. The minimum absolute atomic E-state index is 0.121. The average Bonchev–Trinajstić information content (AvgIpc) is 2.43. The maximum atomic E-state index is 10.9. The highest BCUT2D eigenvalue weighted by atomic mass is 16.6. The highest BCUT2D eigenvalue weighted by Gasteiger charge is 2.33. The molecule has 0 bridgehead atoms. The number of hydrogen-bond acceptors (Lipinski definition) is 4. The molecule has 0 amide bonds. The molecule has 2 rings (SSSR count). The van der Waals surface area contributed by atoms with E-state index in [1.165, 1.54) is 0 Å². The summed E-state index contributed by atoms with van der Waals surface area (Å²) in [7, 11) is 0. The topological polar surface area (TPSA) is 66.8 Å². The molecule has 0 saturated heterocycles. The summed E-state index contributed by atoms with van der Waals surface area (Å²) in [5.41, 5.74) is 0.693. The van der Waals surface area contributed by atoms with Crippen molar-refractivity contribution in [2.75, 3.05) is 0 Å². The maximum Gasteiger partial charge on any atom is 0.376 e. The molecule has 0 spiro atoms. The molecular weight excluding hydrogens is 184 g/mol. The molecule has 1 aromatic rings. The van der Waals surface area contributed by atoms with E-state index in [4.69, 9.17) is 0 Å². The molecule has 1 atom stereocenters. The molecule has 1 aromatic carbocycles. The number of hydrogen-bond donors (Lipinski definition) is 2. The Balaban J connectivity index is 2.49. The van der Waals surface area contributed by atoms with Gasteiger partial charge < -0.3 is 14.9 Å². The number of aliphatic hydroxyl groups excluding tert-OH is 2. The van der Waals surface area contributed by atoms with Crippen molar-refractivity contribution in [3.8, 4) is 0 Å². The van der Waals surface area contributed by atoms with Crippen LogP contribution >= 0.6 is 0 Å². The van der Waals surface area contributed by atoms with Gasteiger partial charge in [0.05, 0.1) is 5.57 Å². The summed E-state index contributed by atoms with van der Waals surface area (Å²) >= 11 is 0. The third kappa shape index (κ3) is 1.25. The van der Waals surface area contributed by atoms with Crippen molar-refractivity contribution in [2.45, 2.75) is 6.29 Å². The fraction of sp³-hybridized carbons (Fsp3) is 0.100. The van der Waals surface area contributed by atoms with Gasteiger partial charge >= 0.3 is 5.97 Å². The Hall–Kier alpha value is -1.81. The van der Waals surface area contributed by atoms with Gasteiger partial charge in [-0.3, -0.25) is 0 Å². The zero-order chi connectivity index (χ0) is 10.1. The Bertz CT molecular complexity index is 394. The molecular formula is C10H8O4. The van der Waals surface area contributed by atoms with Crippen molar-refractivity contribution in [1.82, 2.24) is 0 Å². The average molecular weight is 192 g/mol. The molecule has 4 nitrogen and oxygen atoms in total. The number of ether oxygens (including phenoxy) is 1. The van der Waals surface area contributed by atoms with Gasteiger partial charge in [-0.05, 0) is 5.56 Å². The second-order valence-electron chi connectivity index (χ2n) is 2.89. The molecule has 72 valence electrons. The SMILES string of the molecule is O=C1OC(O)C(c2ccccc2)=C1O. The molecule has 4 heteroatoms. The number of carbonyl (C=O) groups excluding carboxylic acids is 1. The van der Waals surface area contributed by atoms with E-state index in [1.54, 1.807) is 30.3 Å². The van der Waals surface area contributed by atoms with Crippen molar-refractivity contribution in [1.29, 1.82) is 0 Å². The smallest absolute Gasteiger partial charge is 0.376 e. The van der Waals surface area contributed by atoms with E-state index >= 15 is 0 Å². The van der Waals surface area contributed by atoms with Crippen LogP contribution in [0.4, 0.5) is 0 Å². The summed E-state index contributed by atoms with van der Waals surface area (Å²) in [4.78, 5) is 10.9. The van der Waals surface area contributed by atoms with Crippen LogP contribution in [0.3, 0.4) is 0 Å². The Labute approximate surface area is 80.1 Å². The second kappa shape index (κ2) is 3.16. The molecule has 14 heavy (non-hydrogen) atoms. The van der Waals surface area contributed by atoms with Crippen LogP contribution in [-0.2, 0) is 9.53 Å². The van der Waals surface area contributed by atoms with Gasteiger partial charge in [0.25, 0.3) is 0 Å². The number of esters is 1. The second-order valence-corrected chi connectivity index (χ2v) is 2.89. The van der Waals surface area contributed by atoms with Crippen molar-refractivity contribution < 1.29 is 19.7 Å². The first-order chi connectivity index (χ1) is 6.70. The van der Waals surface area contributed by atoms with Gasteiger partial charge in [-0.2, -0.15) is 0 Å². The van der Waals surface area contributed by atoms with Gasteiger partial charge in [-0.1, -0.05) is 30.3 Å². The molecule has 0 saturated carbocycles. The van der Waals surface area contributed by atoms with Gasteiger partial charge in [0.2, 0.25) is 12.0 Å². The van der Waals surface area contributed by atoms with Crippen LogP contribution in [0.5, 0.6) is 0 Å². The van der Waals surface area contributed by atoms with Gasteiger partial charge in [-0.15, -0.1) is 0 Å². The first kappa shape index (κ1) is 8.77. The molecule has 1 aliphatic heterocycles. The highest BCUT2D eigenvalue weighted by Crippen LogP contribution is 2.28. The lowest BCUT2D eigenvalue weighted by atomic mass is 10.1. The van der Waals surface area contributed by atoms with E-state index in [0.29, 0.717) is 5.56 Å². The van der Waals surface area contributed by atoms with Gasteiger partial charge in [0.15, 0.2) is 0 Å². The van der Waals surface area contributed by atoms with Crippen LogP contribution in [-0.4, -0.2) is 22.5 Å². The van der Waals surface area contributed by atoms with Crippen LogP contribution in [0.2, 0.25) is 0 Å². The molecule has 0 radical (unpaired) electrons. The fourth-order valence-electron chi connectivity index (χ4n) is 1.34. The van der Waals surface area contributed by atoms with E-state index in [1.807, 2.05) is 0 Å². The zero-order valence-corrected chi connectivity index (χ0v) is 7.18. The normalized spacial score (nSPS) is 21.2. The molecule has 0 aliphatic carbocycles. The van der Waals surface area contributed by atoms with Crippen molar-refractivity contribution >= 4 is 11.5 Å². The van der Waals surface area contributed by atoms with Crippen LogP contribution in [0, 0.1) is 0 Å². The monoisotopic (exact) mass is 192 g/mol. The summed E-state index contributed by atoms with van der Waals surface area (Å²) in [6.45, 7) is 0. The van der Waals surface area contributed by atoms with Crippen molar-refractivity contribution in [3.05, 3.63) is 41.7 Å². The fourth-order valence-corrected chi connectivity index (χ4v) is 1.34. The quantitative estimate of drug-likeness (QED) is 0.647. The molecule has 1 heterocycles. The van der Waals surface area contributed by atoms with E-state index in [0.717, 1.165) is 0 Å². The number of benzene rings is 1. The van der Waals surface area contributed by atoms with Crippen molar-refractivity contribution in [3.63, 3.8) is 0 Å². The van der Waals surface area contributed by atoms with E-state index in [-0.39, 0.29) is 5.57 Å². The minimum atomic E-state index is -1.37. The predicted molar refractivity (Wildman–Crippen MR) is 48.1 cm³/mol. The minimum Gasteiger partial charge on any atom is -0.501 e. The molecule has 1 unspecified atom stereocenters. The summed E-state index contributed by atoms with van der Waals surface area (Å²) in [5, 5.41) is 18.6. The van der Waals surface area contributed by atoms with Crippen LogP contribution in [0.1, 0.15) is 5.56 Å². The molecule has 0 aromatic heterocycles. The first-order valence-corrected chi connectivity index (χ1v) is 4.08. The van der Waals surface area contributed by atoms with Crippen LogP contribution in [0.15, 0.2) is 36.1 Å². The van der Waals surface area contributed by atoms with Gasteiger partial charge in [-0.25, -0.2) is 4.79 Å². The zero-order valence-electron chi connectivity index (χ0n) is 7.18. The Morgan fingerprint density at radius 2 is 1.86 bits per heavy atom. The largest absolute Gasteiger partial charge is 0.501 e. The Kier molecular flexibility index (Phi) is 1.98. The third-order valence-corrected chi connectivity index (χ3v) is 2.00. The standard InChI is InChI=1S/C10H8O4/c11-8-7(9(12)14-10(8)13)6-4-2-1-3-5-6/h1-5,9,11-12H. The Morgan fingerprint density at radius 1 is 1.21 bits per heavy atom. The molecule has 2 N–H and O–H groups in total. The van der Waals surface area contributed by atoms with Crippen molar-refractivity contribution in [2.24, 2.45) is 0 Å². The summed E-state index contributed by atoms with van der Waals surface area (Å²) < 4.78 is 4.43.